The normalized spacial score (nSPS) is 18.7. The first kappa shape index (κ1) is 18.5. The highest BCUT2D eigenvalue weighted by Gasteiger charge is 2.31. The molecule has 2 rings (SSSR count). The maximum atomic E-state index is 12.1. The van der Waals surface area contributed by atoms with Crippen molar-refractivity contribution in [2.75, 3.05) is 33.3 Å². The molecule has 0 saturated carbocycles. The van der Waals surface area contributed by atoms with Gasteiger partial charge in [0.2, 0.25) is 0 Å². The number of rotatable bonds is 6. The van der Waals surface area contributed by atoms with Crippen molar-refractivity contribution in [3.05, 3.63) is 29.8 Å². The van der Waals surface area contributed by atoms with E-state index in [1.807, 2.05) is 45.2 Å². The molecule has 0 bridgehead atoms. The minimum absolute atomic E-state index is 0.118. The standard InChI is InChI=1S/C18H29N3O3/c1-4-24-16-7-5-15(6-8-16)14(2)20-17(22)19-13-18(23)9-11-21(3)12-10-18/h5-8,14,23H,4,9-13H2,1-3H3,(H2,19,20,22)/t14-/m1/s1. The zero-order valence-electron chi connectivity index (χ0n) is 14.8. The van der Waals surface area contributed by atoms with E-state index in [1.165, 1.54) is 0 Å². The van der Waals surface area contributed by atoms with Crippen molar-refractivity contribution in [3.8, 4) is 5.75 Å². The fourth-order valence-electron chi connectivity index (χ4n) is 2.81. The maximum absolute atomic E-state index is 12.1. The molecule has 1 aliphatic heterocycles. The van der Waals surface area contributed by atoms with Crippen LogP contribution in [0.5, 0.6) is 5.75 Å². The lowest BCUT2D eigenvalue weighted by Gasteiger charge is -2.36. The Balaban J connectivity index is 1.79. The molecule has 3 N–H and O–H groups in total. The van der Waals surface area contributed by atoms with Crippen molar-refractivity contribution in [3.63, 3.8) is 0 Å². The largest absolute Gasteiger partial charge is 0.494 e. The lowest BCUT2D eigenvalue weighted by atomic mass is 9.92. The van der Waals surface area contributed by atoms with Crippen LogP contribution in [-0.2, 0) is 0 Å². The molecule has 0 aliphatic carbocycles. The number of hydrogen-bond acceptors (Lipinski definition) is 4. The lowest BCUT2D eigenvalue weighted by Crippen LogP contribution is -2.51. The summed E-state index contributed by atoms with van der Waals surface area (Å²) in [6, 6.07) is 7.31. The molecule has 24 heavy (non-hydrogen) atoms. The van der Waals surface area contributed by atoms with Crippen LogP contribution < -0.4 is 15.4 Å². The summed E-state index contributed by atoms with van der Waals surface area (Å²) in [6.45, 7) is 6.49. The Morgan fingerprint density at radius 2 is 1.96 bits per heavy atom. The zero-order valence-corrected chi connectivity index (χ0v) is 14.8. The molecular weight excluding hydrogens is 306 g/mol. The van der Waals surface area contributed by atoms with E-state index in [0.29, 0.717) is 19.4 Å². The summed E-state index contributed by atoms with van der Waals surface area (Å²) in [6.07, 6.45) is 1.36. The number of hydrogen-bond donors (Lipinski definition) is 3. The Bertz CT molecular complexity index is 525. The Morgan fingerprint density at radius 1 is 1.33 bits per heavy atom. The number of likely N-dealkylation sites (tertiary alicyclic amines) is 1. The quantitative estimate of drug-likeness (QED) is 0.742. The Kier molecular flexibility index (Phi) is 6.45. The van der Waals surface area contributed by atoms with Crippen molar-refractivity contribution in [2.45, 2.75) is 38.3 Å². The number of ether oxygens (including phenoxy) is 1. The van der Waals surface area contributed by atoms with Gasteiger partial charge in [0.05, 0.1) is 18.2 Å². The predicted octanol–water partition coefficient (Wildman–Crippen LogP) is 1.90. The van der Waals surface area contributed by atoms with Gasteiger partial charge in [-0.05, 0) is 51.4 Å². The average Bonchev–Trinajstić information content (AvgIpc) is 2.57. The summed E-state index contributed by atoms with van der Waals surface area (Å²) in [5.41, 5.74) is 0.207. The highest BCUT2D eigenvalue weighted by atomic mass is 16.5. The van der Waals surface area contributed by atoms with Crippen LogP contribution in [0.3, 0.4) is 0 Å². The highest BCUT2D eigenvalue weighted by molar-refractivity contribution is 5.74. The molecule has 134 valence electrons. The van der Waals surface area contributed by atoms with Crippen LogP contribution in [0.15, 0.2) is 24.3 Å². The van der Waals surface area contributed by atoms with Crippen LogP contribution in [0.25, 0.3) is 0 Å². The third kappa shape index (κ3) is 5.39. The van der Waals surface area contributed by atoms with E-state index in [0.717, 1.165) is 24.4 Å². The summed E-state index contributed by atoms with van der Waals surface area (Å²) in [4.78, 5) is 14.3. The van der Waals surface area contributed by atoms with Gasteiger partial charge in [0.1, 0.15) is 5.75 Å². The van der Waals surface area contributed by atoms with Crippen LogP contribution in [0.1, 0.15) is 38.3 Å². The Morgan fingerprint density at radius 3 is 2.54 bits per heavy atom. The molecule has 1 fully saturated rings. The second-order valence-corrected chi connectivity index (χ2v) is 6.58. The van der Waals surface area contributed by atoms with Crippen LogP contribution >= 0.6 is 0 Å². The van der Waals surface area contributed by atoms with E-state index in [9.17, 15) is 9.90 Å². The van der Waals surface area contributed by atoms with E-state index in [-0.39, 0.29) is 18.6 Å². The maximum Gasteiger partial charge on any atom is 0.315 e. The summed E-state index contributed by atoms with van der Waals surface area (Å²) < 4.78 is 5.42. The minimum Gasteiger partial charge on any atom is -0.494 e. The van der Waals surface area contributed by atoms with Crippen LogP contribution in [0.2, 0.25) is 0 Å². The number of benzene rings is 1. The third-order valence-electron chi connectivity index (χ3n) is 4.53. The van der Waals surface area contributed by atoms with Crippen LogP contribution in [0.4, 0.5) is 4.79 Å². The van der Waals surface area contributed by atoms with Crippen LogP contribution in [-0.4, -0.2) is 54.9 Å². The number of urea groups is 1. The number of carbonyl (C=O) groups excluding carboxylic acids is 1. The predicted molar refractivity (Wildman–Crippen MR) is 94.2 cm³/mol. The Labute approximate surface area is 144 Å². The molecule has 0 spiro atoms. The van der Waals surface area contributed by atoms with E-state index in [4.69, 9.17) is 4.74 Å². The van der Waals surface area contributed by atoms with Crippen molar-refractivity contribution in [1.82, 2.24) is 15.5 Å². The molecule has 1 saturated heterocycles. The first-order valence-electron chi connectivity index (χ1n) is 8.60. The summed E-state index contributed by atoms with van der Waals surface area (Å²) in [7, 11) is 2.04. The molecule has 1 atom stereocenters. The molecule has 1 aromatic rings. The second kappa shape index (κ2) is 8.35. The number of piperidine rings is 1. The lowest BCUT2D eigenvalue weighted by molar-refractivity contribution is -0.0123. The van der Waals surface area contributed by atoms with Gasteiger partial charge in [0.15, 0.2) is 0 Å². The molecule has 0 aromatic heterocycles. The Hall–Kier alpha value is -1.79. The molecule has 2 amide bonds. The molecular formula is C18H29N3O3. The molecule has 6 nitrogen and oxygen atoms in total. The van der Waals surface area contributed by atoms with Crippen molar-refractivity contribution < 1.29 is 14.6 Å². The minimum atomic E-state index is -0.799. The van der Waals surface area contributed by atoms with Gasteiger partial charge in [-0.25, -0.2) is 4.79 Å². The van der Waals surface area contributed by atoms with E-state index in [2.05, 4.69) is 15.5 Å². The van der Waals surface area contributed by atoms with Crippen molar-refractivity contribution in [1.29, 1.82) is 0 Å². The first-order valence-corrected chi connectivity index (χ1v) is 8.60. The fourth-order valence-corrected chi connectivity index (χ4v) is 2.81. The van der Waals surface area contributed by atoms with Crippen LogP contribution in [0, 0.1) is 0 Å². The van der Waals surface area contributed by atoms with E-state index in [1.54, 1.807) is 0 Å². The monoisotopic (exact) mass is 335 g/mol. The van der Waals surface area contributed by atoms with Crippen molar-refractivity contribution in [2.24, 2.45) is 0 Å². The molecule has 6 heteroatoms. The van der Waals surface area contributed by atoms with E-state index >= 15 is 0 Å². The average molecular weight is 335 g/mol. The zero-order chi connectivity index (χ0) is 17.6. The van der Waals surface area contributed by atoms with Gasteiger partial charge in [0, 0.05) is 19.6 Å². The van der Waals surface area contributed by atoms with Gasteiger partial charge in [-0.1, -0.05) is 12.1 Å². The van der Waals surface area contributed by atoms with Gasteiger partial charge in [-0.2, -0.15) is 0 Å². The molecule has 1 aromatic carbocycles. The smallest absolute Gasteiger partial charge is 0.315 e. The summed E-state index contributed by atoms with van der Waals surface area (Å²) in [5, 5.41) is 16.2. The molecule has 0 radical (unpaired) electrons. The van der Waals surface area contributed by atoms with E-state index < -0.39 is 5.60 Å². The molecule has 1 heterocycles. The van der Waals surface area contributed by atoms with Gasteiger partial charge >= 0.3 is 6.03 Å². The van der Waals surface area contributed by atoms with Gasteiger partial charge in [0.25, 0.3) is 0 Å². The topological polar surface area (TPSA) is 73.8 Å². The molecule has 1 aliphatic rings. The van der Waals surface area contributed by atoms with Gasteiger partial charge in [-0.15, -0.1) is 0 Å². The number of carbonyl (C=O) groups is 1. The first-order chi connectivity index (χ1) is 11.4. The van der Waals surface area contributed by atoms with Crippen molar-refractivity contribution >= 4 is 6.03 Å². The summed E-state index contributed by atoms with van der Waals surface area (Å²) in [5.74, 6) is 0.822. The number of nitrogens with zero attached hydrogens (tertiary/aromatic N) is 1. The fraction of sp³-hybridized carbons (Fsp3) is 0.611. The summed E-state index contributed by atoms with van der Waals surface area (Å²) >= 11 is 0. The number of aliphatic hydroxyl groups is 1. The number of amides is 2. The highest BCUT2D eigenvalue weighted by Crippen LogP contribution is 2.20. The second-order valence-electron chi connectivity index (χ2n) is 6.58. The van der Waals surface area contributed by atoms with Gasteiger partial charge in [-0.3, -0.25) is 0 Å². The third-order valence-corrected chi connectivity index (χ3v) is 4.53. The molecule has 0 unspecified atom stereocenters. The number of nitrogens with one attached hydrogen (secondary N) is 2. The SMILES string of the molecule is CCOc1ccc([C@@H](C)NC(=O)NCC2(O)CCN(C)CC2)cc1. The van der Waals surface area contributed by atoms with Gasteiger partial charge < -0.3 is 25.4 Å².